The summed E-state index contributed by atoms with van der Waals surface area (Å²) >= 11 is 1.26. The molecule has 6 heteroatoms. The third-order valence-electron chi connectivity index (χ3n) is 2.32. The number of nitrogens with zero attached hydrogens (tertiary/aromatic N) is 3. The minimum Gasteiger partial charge on any atom is -0.481 e. The Balaban J connectivity index is 2.33. The number of hydrogen-bond acceptors (Lipinski definition) is 4. The molecule has 0 saturated heterocycles. The van der Waals surface area contributed by atoms with Crippen LogP contribution in [0.1, 0.15) is 12.6 Å². The van der Waals surface area contributed by atoms with Crippen LogP contribution in [0.5, 0.6) is 0 Å². The summed E-state index contributed by atoms with van der Waals surface area (Å²) in [7, 11) is 0. The van der Waals surface area contributed by atoms with Crippen molar-refractivity contribution in [1.82, 2.24) is 14.8 Å². The number of pyridine rings is 1. The maximum atomic E-state index is 10.6. The summed E-state index contributed by atoms with van der Waals surface area (Å²) in [4.78, 5) is 14.7. The standard InChI is InChI=1S/C12H13N3O2S/c1-2-9-6-11(18-8-12(16)17)15(14-9)10-4-3-5-13-7-10/h3-7H,2,8H2,1H3,(H,16,17). The van der Waals surface area contributed by atoms with E-state index in [-0.39, 0.29) is 5.75 Å². The molecule has 2 aromatic rings. The van der Waals surface area contributed by atoms with Gasteiger partial charge >= 0.3 is 5.97 Å². The van der Waals surface area contributed by atoms with Crippen molar-refractivity contribution in [3.63, 3.8) is 0 Å². The number of carbonyl (C=O) groups is 1. The van der Waals surface area contributed by atoms with Crippen LogP contribution in [0.3, 0.4) is 0 Å². The van der Waals surface area contributed by atoms with Crippen molar-refractivity contribution in [2.45, 2.75) is 18.4 Å². The van der Waals surface area contributed by atoms with Crippen molar-refractivity contribution in [2.75, 3.05) is 5.75 Å². The number of rotatable bonds is 5. The van der Waals surface area contributed by atoms with Crippen LogP contribution < -0.4 is 0 Å². The molecule has 18 heavy (non-hydrogen) atoms. The zero-order valence-electron chi connectivity index (χ0n) is 9.91. The van der Waals surface area contributed by atoms with E-state index < -0.39 is 5.97 Å². The summed E-state index contributed by atoms with van der Waals surface area (Å²) in [5, 5.41) is 14.0. The van der Waals surface area contributed by atoms with E-state index in [4.69, 9.17) is 5.11 Å². The summed E-state index contributed by atoms with van der Waals surface area (Å²) in [6.07, 6.45) is 4.21. The summed E-state index contributed by atoms with van der Waals surface area (Å²) < 4.78 is 1.74. The zero-order valence-corrected chi connectivity index (χ0v) is 10.7. The van der Waals surface area contributed by atoms with Crippen molar-refractivity contribution < 1.29 is 9.90 Å². The highest BCUT2D eigenvalue weighted by molar-refractivity contribution is 7.99. The first-order valence-electron chi connectivity index (χ1n) is 5.54. The van der Waals surface area contributed by atoms with Crippen LogP contribution in [0, 0.1) is 0 Å². The Bertz CT molecular complexity index is 540. The Kier molecular flexibility index (Phi) is 3.99. The molecule has 2 aromatic heterocycles. The lowest BCUT2D eigenvalue weighted by molar-refractivity contribution is -0.133. The monoisotopic (exact) mass is 263 g/mol. The van der Waals surface area contributed by atoms with Gasteiger partial charge in [0.05, 0.1) is 23.3 Å². The van der Waals surface area contributed by atoms with E-state index in [1.807, 2.05) is 25.1 Å². The third kappa shape index (κ3) is 2.89. The molecule has 2 rings (SSSR count). The van der Waals surface area contributed by atoms with Gasteiger partial charge in [0, 0.05) is 6.20 Å². The number of thioether (sulfide) groups is 1. The highest BCUT2D eigenvalue weighted by atomic mass is 32.2. The second-order valence-corrected chi connectivity index (χ2v) is 4.63. The van der Waals surface area contributed by atoms with Gasteiger partial charge in [-0.15, -0.1) is 0 Å². The number of aromatic nitrogens is 3. The molecule has 1 N–H and O–H groups in total. The predicted molar refractivity (Wildman–Crippen MR) is 69.1 cm³/mol. The lowest BCUT2D eigenvalue weighted by atomic mass is 10.3. The van der Waals surface area contributed by atoms with Crippen molar-refractivity contribution in [1.29, 1.82) is 0 Å². The Morgan fingerprint density at radius 2 is 2.39 bits per heavy atom. The van der Waals surface area contributed by atoms with Gasteiger partial charge in [0.2, 0.25) is 0 Å². The van der Waals surface area contributed by atoms with Gasteiger partial charge in [0.25, 0.3) is 0 Å². The van der Waals surface area contributed by atoms with Crippen molar-refractivity contribution >= 4 is 17.7 Å². The normalized spacial score (nSPS) is 10.5. The molecule has 5 nitrogen and oxygen atoms in total. The zero-order chi connectivity index (χ0) is 13.0. The summed E-state index contributed by atoms with van der Waals surface area (Å²) in [5.41, 5.74) is 1.77. The summed E-state index contributed by atoms with van der Waals surface area (Å²) in [6.45, 7) is 2.02. The molecule has 0 atom stereocenters. The SMILES string of the molecule is CCc1cc(SCC(=O)O)n(-c2cccnc2)n1. The molecular weight excluding hydrogens is 250 g/mol. The lowest BCUT2D eigenvalue weighted by Gasteiger charge is -2.04. The minimum absolute atomic E-state index is 0.0229. The van der Waals surface area contributed by atoms with E-state index in [1.165, 1.54) is 11.8 Å². The fourth-order valence-electron chi connectivity index (χ4n) is 1.49. The first kappa shape index (κ1) is 12.6. The Morgan fingerprint density at radius 3 is 3.00 bits per heavy atom. The van der Waals surface area contributed by atoms with Gasteiger partial charge in [-0.2, -0.15) is 5.10 Å². The maximum absolute atomic E-state index is 10.6. The van der Waals surface area contributed by atoms with Gasteiger partial charge in [-0.25, -0.2) is 4.68 Å². The molecule has 2 heterocycles. The molecule has 0 aliphatic rings. The van der Waals surface area contributed by atoms with Gasteiger partial charge in [-0.3, -0.25) is 9.78 Å². The number of carboxylic acid groups (broad SMARTS) is 1. The fraction of sp³-hybridized carbons (Fsp3) is 0.250. The molecule has 0 unspecified atom stereocenters. The van der Waals surface area contributed by atoms with Gasteiger partial charge in [-0.05, 0) is 24.6 Å². The van der Waals surface area contributed by atoms with E-state index in [0.29, 0.717) is 0 Å². The van der Waals surface area contributed by atoms with E-state index in [1.54, 1.807) is 17.1 Å². The second kappa shape index (κ2) is 5.68. The van der Waals surface area contributed by atoms with Crippen molar-refractivity contribution in [3.8, 4) is 5.69 Å². The van der Waals surface area contributed by atoms with Gasteiger partial charge in [-0.1, -0.05) is 18.7 Å². The molecule has 0 spiro atoms. The second-order valence-electron chi connectivity index (χ2n) is 3.63. The molecule has 0 aromatic carbocycles. The van der Waals surface area contributed by atoms with Gasteiger partial charge < -0.3 is 5.11 Å². The molecular formula is C12H13N3O2S. The maximum Gasteiger partial charge on any atom is 0.313 e. The molecule has 0 saturated carbocycles. The molecule has 94 valence electrons. The highest BCUT2D eigenvalue weighted by Crippen LogP contribution is 2.22. The van der Waals surface area contributed by atoms with E-state index in [2.05, 4.69) is 10.1 Å². The Hall–Kier alpha value is -1.82. The Labute approximate surface area is 109 Å². The topological polar surface area (TPSA) is 68.0 Å². The van der Waals surface area contributed by atoms with E-state index >= 15 is 0 Å². The quantitative estimate of drug-likeness (QED) is 0.836. The average Bonchev–Trinajstić information content (AvgIpc) is 2.80. The summed E-state index contributed by atoms with van der Waals surface area (Å²) in [5.74, 6) is -0.813. The lowest BCUT2D eigenvalue weighted by Crippen LogP contribution is -2.02. The van der Waals surface area contributed by atoms with Gasteiger partial charge in [0.15, 0.2) is 0 Å². The molecule has 0 bridgehead atoms. The number of hydrogen-bond donors (Lipinski definition) is 1. The van der Waals surface area contributed by atoms with E-state index in [0.717, 1.165) is 22.8 Å². The smallest absolute Gasteiger partial charge is 0.313 e. The van der Waals surface area contributed by atoms with Crippen LogP contribution in [0.4, 0.5) is 0 Å². The predicted octanol–water partition coefficient (Wildman–Crippen LogP) is 2.01. The van der Waals surface area contributed by atoms with E-state index in [9.17, 15) is 4.79 Å². The molecule has 0 amide bonds. The number of aliphatic carboxylic acids is 1. The fourth-order valence-corrected chi connectivity index (χ4v) is 2.24. The molecule has 0 radical (unpaired) electrons. The van der Waals surface area contributed by atoms with Crippen LogP contribution in [0.2, 0.25) is 0 Å². The van der Waals surface area contributed by atoms with Crippen molar-refractivity contribution in [3.05, 3.63) is 36.3 Å². The van der Waals surface area contributed by atoms with Crippen LogP contribution in [-0.4, -0.2) is 31.6 Å². The van der Waals surface area contributed by atoms with Crippen LogP contribution >= 0.6 is 11.8 Å². The third-order valence-corrected chi connectivity index (χ3v) is 3.30. The number of aryl methyl sites for hydroxylation is 1. The first-order valence-corrected chi connectivity index (χ1v) is 6.53. The number of carboxylic acids is 1. The molecule has 0 aliphatic carbocycles. The first-order chi connectivity index (χ1) is 8.70. The van der Waals surface area contributed by atoms with Crippen molar-refractivity contribution in [2.24, 2.45) is 0 Å². The summed E-state index contributed by atoms with van der Waals surface area (Å²) in [6, 6.07) is 5.64. The van der Waals surface area contributed by atoms with Crippen LogP contribution in [0.25, 0.3) is 5.69 Å². The Morgan fingerprint density at radius 1 is 1.56 bits per heavy atom. The van der Waals surface area contributed by atoms with Crippen LogP contribution in [0.15, 0.2) is 35.6 Å². The largest absolute Gasteiger partial charge is 0.481 e. The highest BCUT2D eigenvalue weighted by Gasteiger charge is 2.11. The minimum atomic E-state index is -0.836. The molecule has 0 fully saturated rings. The average molecular weight is 263 g/mol. The van der Waals surface area contributed by atoms with Crippen LogP contribution in [-0.2, 0) is 11.2 Å². The van der Waals surface area contributed by atoms with Gasteiger partial charge in [0.1, 0.15) is 5.03 Å². The molecule has 0 aliphatic heterocycles.